The molecule has 6 heteroatoms. The Bertz CT molecular complexity index is 417. The van der Waals surface area contributed by atoms with Gasteiger partial charge < -0.3 is 20.9 Å². The zero-order valence-electron chi connectivity index (χ0n) is 8.69. The van der Waals surface area contributed by atoms with Crippen LogP contribution in [0.15, 0.2) is 18.2 Å². The fourth-order valence-corrected chi connectivity index (χ4v) is 1.05. The first-order valence-corrected chi connectivity index (χ1v) is 4.50. The summed E-state index contributed by atoms with van der Waals surface area (Å²) in [6, 6.07) is 4.15. The number of hydrogen-bond acceptors (Lipinski definition) is 4. The predicted octanol–water partition coefficient (Wildman–Crippen LogP) is 0.0918. The van der Waals surface area contributed by atoms with E-state index in [1.807, 2.05) is 0 Å². The van der Waals surface area contributed by atoms with E-state index in [1.54, 1.807) is 0 Å². The minimum atomic E-state index is -1.13. The van der Waals surface area contributed by atoms with E-state index in [1.165, 1.54) is 25.2 Å². The molecule has 0 spiro atoms. The summed E-state index contributed by atoms with van der Waals surface area (Å²) < 4.78 is 5.06. The summed E-state index contributed by atoms with van der Waals surface area (Å²) >= 11 is 0. The molecular formula is C10H12N2O4. The van der Waals surface area contributed by atoms with Gasteiger partial charge in [0.15, 0.2) is 6.61 Å². The summed E-state index contributed by atoms with van der Waals surface area (Å²) in [5.41, 5.74) is 5.84. The second-order valence-corrected chi connectivity index (χ2v) is 3.02. The monoisotopic (exact) mass is 224 g/mol. The average molecular weight is 224 g/mol. The van der Waals surface area contributed by atoms with Gasteiger partial charge in [0.05, 0.1) is 0 Å². The molecule has 0 aliphatic rings. The molecule has 0 saturated heterocycles. The van der Waals surface area contributed by atoms with E-state index in [0.29, 0.717) is 5.69 Å². The highest BCUT2D eigenvalue weighted by Crippen LogP contribution is 2.21. The fourth-order valence-electron chi connectivity index (χ4n) is 1.05. The Hall–Kier alpha value is -2.24. The maximum Gasteiger partial charge on any atom is 0.339 e. The molecule has 4 N–H and O–H groups in total. The first kappa shape index (κ1) is 11.8. The summed E-state index contributed by atoms with van der Waals surface area (Å²) in [4.78, 5) is 21.8. The van der Waals surface area contributed by atoms with Crippen molar-refractivity contribution in [2.45, 2.75) is 0 Å². The Balaban J connectivity index is 2.88. The highest BCUT2D eigenvalue weighted by Gasteiger charge is 2.12. The molecule has 0 atom stereocenters. The summed E-state index contributed by atoms with van der Waals surface area (Å²) in [6.45, 7) is -0.250. The molecule has 16 heavy (non-hydrogen) atoms. The Kier molecular flexibility index (Phi) is 3.71. The average Bonchev–Trinajstić information content (AvgIpc) is 2.25. The van der Waals surface area contributed by atoms with Gasteiger partial charge in [-0.3, -0.25) is 4.79 Å². The SMILES string of the molecule is CNC(=O)COc1cc(N)ccc1C(=O)O. The quantitative estimate of drug-likeness (QED) is 0.629. The summed E-state index contributed by atoms with van der Waals surface area (Å²) in [5.74, 6) is -1.40. The van der Waals surface area contributed by atoms with Crippen LogP contribution in [-0.4, -0.2) is 30.6 Å². The van der Waals surface area contributed by atoms with Gasteiger partial charge in [-0.2, -0.15) is 0 Å². The Morgan fingerprint density at radius 1 is 1.50 bits per heavy atom. The molecule has 1 rings (SSSR count). The molecule has 1 aromatic rings. The number of ether oxygens (including phenoxy) is 1. The van der Waals surface area contributed by atoms with Crippen LogP contribution in [0.3, 0.4) is 0 Å². The Morgan fingerprint density at radius 2 is 2.19 bits per heavy atom. The van der Waals surface area contributed by atoms with Crippen LogP contribution in [0.1, 0.15) is 10.4 Å². The zero-order valence-corrected chi connectivity index (χ0v) is 8.69. The number of anilines is 1. The molecule has 0 fully saturated rings. The van der Waals surface area contributed by atoms with Gasteiger partial charge in [0, 0.05) is 18.8 Å². The summed E-state index contributed by atoms with van der Waals surface area (Å²) in [5, 5.41) is 11.2. The lowest BCUT2D eigenvalue weighted by Gasteiger charge is -2.08. The third-order valence-electron chi connectivity index (χ3n) is 1.87. The van der Waals surface area contributed by atoms with E-state index in [-0.39, 0.29) is 23.8 Å². The minimum absolute atomic E-state index is 0.0295. The minimum Gasteiger partial charge on any atom is -0.483 e. The normalized spacial score (nSPS) is 9.56. The van der Waals surface area contributed by atoms with E-state index < -0.39 is 5.97 Å². The molecule has 6 nitrogen and oxygen atoms in total. The first-order valence-electron chi connectivity index (χ1n) is 4.50. The zero-order chi connectivity index (χ0) is 12.1. The third kappa shape index (κ3) is 2.88. The number of carboxylic acid groups (broad SMARTS) is 1. The number of carboxylic acids is 1. The predicted molar refractivity (Wildman–Crippen MR) is 57.4 cm³/mol. The Labute approximate surface area is 92.0 Å². The molecule has 1 aromatic carbocycles. The van der Waals surface area contributed by atoms with Crippen molar-refractivity contribution in [1.82, 2.24) is 5.32 Å². The van der Waals surface area contributed by atoms with Crippen molar-refractivity contribution in [3.8, 4) is 5.75 Å². The van der Waals surface area contributed by atoms with E-state index in [4.69, 9.17) is 15.6 Å². The maximum absolute atomic E-state index is 10.9. The number of benzene rings is 1. The van der Waals surface area contributed by atoms with Crippen LogP contribution in [0, 0.1) is 0 Å². The van der Waals surface area contributed by atoms with Crippen molar-refractivity contribution < 1.29 is 19.4 Å². The van der Waals surface area contributed by atoms with Crippen LogP contribution in [0.2, 0.25) is 0 Å². The number of nitrogens with two attached hydrogens (primary N) is 1. The van der Waals surface area contributed by atoms with Gasteiger partial charge in [-0.25, -0.2) is 4.79 Å². The lowest BCUT2D eigenvalue weighted by Crippen LogP contribution is -2.25. The van der Waals surface area contributed by atoms with E-state index in [2.05, 4.69) is 5.32 Å². The van der Waals surface area contributed by atoms with Crippen LogP contribution in [-0.2, 0) is 4.79 Å². The first-order chi connectivity index (χ1) is 7.54. The number of amides is 1. The largest absolute Gasteiger partial charge is 0.483 e. The molecule has 1 amide bonds. The van der Waals surface area contributed by atoms with Crippen molar-refractivity contribution in [3.63, 3.8) is 0 Å². The number of nitrogen functional groups attached to an aromatic ring is 1. The van der Waals surface area contributed by atoms with Crippen molar-refractivity contribution in [2.24, 2.45) is 0 Å². The topological polar surface area (TPSA) is 102 Å². The van der Waals surface area contributed by atoms with Crippen molar-refractivity contribution in [3.05, 3.63) is 23.8 Å². The molecule has 86 valence electrons. The van der Waals surface area contributed by atoms with Crippen molar-refractivity contribution >= 4 is 17.6 Å². The molecule has 0 saturated carbocycles. The highest BCUT2D eigenvalue weighted by atomic mass is 16.5. The molecule has 0 radical (unpaired) electrons. The molecule has 0 aliphatic carbocycles. The molecule has 0 aliphatic heterocycles. The van der Waals surface area contributed by atoms with Gasteiger partial charge in [-0.1, -0.05) is 0 Å². The van der Waals surface area contributed by atoms with E-state index >= 15 is 0 Å². The van der Waals surface area contributed by atoms with Crippen molar-refractivity contribution in [2.75, 3.05) is 19.4 Å². The highest BCUT2D eigenvalue weighted by molar-refractivity contribution is 5.91. The maximum atomic E-state index is 10.9. The number of carbonyl (C=O) groups is 2. The molecular weight excluding hydrogens is 212 g/mol. The second-order valence-electron chi connectivity index (χ2n) is 3.02. The molecule has 0 unspecified atom stereocenters. The molecule has 0 bridgehead atoms. The number of carbonyl (C=O) groups excluding carboxylic acids is 1. The van der Waals surface area contributed by atoms with Gasteiger partial charge in [-0.15, -0.1) is 0 Å². The molecule has 0 heterocycles. The smallest absolute Gasteiger partial charge is 0.339 e. The Morgan fingerprint density at radius 3 is 2.75 bits per heavy atom. The second kappa shape index (κ2) is 5.01. The van der Waals surface area contributed by atoms with Crippen LogP contribution < -0.4 is 15.8 Å². The van der Waals surface area contributed by atoms with Gasteiger partial charge in [0.25, 0.3) is 5.91 Å². The van der Waals surface area contributed by atoms with Gasteiger partial charge in [-0.05, 0) is 12.1 Å². The fraction of sp³-hybridized carbons (Fsp3) is 0.200. The lowest BCUT2D eigenvalue weighted by molar-refractivity contribution is -0.122. The van der Waals surface area contributed by atoms with Gasteiger partial charge in [0.2, 0.25) is 0 Å². The number of hydrogen-bond donors (Lipinski definition) is 3. The number of rotatable bonds is 4. The van der Waals surface area contributed by atoms with E-state index in [9.17, 15) is 9.59 Å². The van der Waals surface area contributed by atoms with E-state index in [0.717, 1.165) is 0 Å². The number of aromatic carboxylic acids is 1. The van der Waals surface area contributed by atoms with Crippen LogP contribution in [0.4, 0.5) is 5.69 Å². The van der Waals surface area contributed by atoms with Crippen LogP contribution >= 0.6 is 0 Å². The number of nitrogens with one attached hydrogen (secondary N) is 1. The van der Waals surface area contributed by atoms with Gasteiger partial charge >= 0.3 is 5.97 Å². The number of likely N-dealkylation sites (N-methyl/N-ethyl adjacent to an activating group) is 1. The van der Waals surface area contributed by atoms with Crippen molar-refractivity contribution in [1.29, 1.82) is 0 Å². The summed E-state index contributed by atoms with van der Waals surface area (Å²) in [7, 11) is 1.46. The molecule has 0 aromatic heterocycles. The lowest BCUT2D eigenvalue weighted by atomic mass is 10.2. The van der Waals surface area contributed by atoms with Crippen LogP contribution in [0.25, 0.3) is 0 Å². The van der Waals surface area contributed by atoms with Gasteiger partial charge in [0.1, 0.15) is 11.3 Å². The van der Waals surface area contributed by atoms with Crippen LogP contribution in [0.5, 0.6) is 5.75 Å². The summed E-state index contributed by atoms with van der Waals surface area (Å²) in [6.07, 6.45) is 0. The standard InChI is InChI=1S/C10H12N2O4/c1-12-9(13)5-16-8-4-6(11)2-3-7(8)10(14)15/h2-4H,5,11H2,1H3,(H,12,13)(H,14,15). The third-order valence-corrected chi connectivity index (χ3v) is 1.87.